The maximum atomic E-state index is 12.1. The van der Waals surface area contributed by atoms with Gasteiger partial charge in [-0.3, -0.25) is 4.79 Å². The van der Waals surface area contributed by atoms with Gasteiger partial charge < -0.3 is 14.8 Å². The van der Waals surface area contributed by atoms with Crippen LogP contribution < -0.4 is 10.1 Å². The molecule has 116 valence electrons. The van der Waals surface area contributed by atoms with E-state index in [4.69, 9.17) is 9.47 Å². The molecule has 4 heteroatoms. The zero-order valence-electron chi connectivity index (χ0n) is 13.0. The quantitative estimate of drug-likeness (QED) is 0.855. The Hall–Kier alpha value is -2.33. The van der Waals surface area contributed by atoms with E-state index >= 15 is 0 Å². The van der Waals surface area contributed by atoms with E-state index in [1.807, 2.05) is 48.5 Å². The van der Waals surface area contributed by atoms with E-state index in [-0.39, 0.29) is 5.91 Å². The first kappa shape index (κ1) is 16.0. The molecule has 2 aromatic rings. The van der Waals surface area contributed by atoms with E-state index in [0.29, 0.717) is 19.6 Å². The highest BCUT2D eigenvalue weighted by molar-refractivity contribution is 5.78. The number of rotatable bonds is 7. The molecule has 0 unspecified atom stereocenters. The van der Waals surface area contributed by atoms with Crippen molar-refractivity contribution in [2.24, 2.45) is 0 Å². The van der Waals surface area contributed by atoms with Crippen molar-refractivity contribution in [3.63, 3.8) is 0 Å². The molecule has 0 heterocycles. The Kier molecular flexibility index (Phi) is 5.98. The normalized spacial score (nSPS) is 10.3. The number of amides is 1. The molecule has 0 atom stereocenters. The molecule has 0 fully saturated rings. The van der Waals surface area contributed by atoms with Crippen LogP contribution in [0, 0.1) is 0 Å². The summed E-state index contributed by atoms with van der Waals surface area (Å²) in [5, 5.41) is 2.95. The van der Waals surface area contributed by atoms with Crippen LogP contribution in [0.3, 0.4) is 0 Å². The number of hydrogen-bond donors (Lipinski definition) is 1. The Morgan fingerprint density at radius 1 is 1.05 bits per heavy atom. The SMILES string of the molecule is COCc1ccccc1CNC(=O)Cc1cccc(OC)c1. The van der Waals surface area contributed by atoms with E-state index in [9.17, 15) is 4.79 Å². The summed E-state index contributed by atoms with van der Waals surface area (Å²) in [7, 11) is 3.28. The molecule has 0 aliphatic rings. The maximum Gasteiger partial charge on any atom is 0.224 e. The van der Waals surface area contributed by atoms with E-state index in [1.165, 1.54) is 0 Å². The van der Waals surface area contributed by atoms with Crippen LogP contribution in [0.15, 0.2) is 48.5 Å². The minimum atomic E-state index is -0.0135. The molecule has 0 aliphatic carbocycles. The molecule has 22 heavy (non-hydrogen) atoms. The van der Waals surface area contributed by atoms with Gasteiger partial charge in [-0.15, -0.1) is 0 Å². The van der Waals surface area contributed by atoms with Gasteiger partial charge in [0.25, 0.3) is 0 Å². The van der Waals surface area contributed by atoms with Gasteiger partial charge in [-0.25, -0.2) is 0 Å². The van der Waals surface area contributed by atoms with Crippen LogP contribution in [0.2, 0.25) is 0 Å². The summed E-state index contributed by atoms with van der Waals surface area (Å²) in [6, 6.07) is 15.5. The van der Waals surface area contributed by atoms with Crippen molar-refractivity contribution in [1.29, 1.82) is 0 Å². The van der Waals surface area contributed by atoms with Gasteiger partial charge in [0.2, 0.25) is 5.91 Å². The van der Waals surface area contributed by atoms with Crippen molar-refractivity contribution in [3.8, 4) is 5.75 Å². The Morgan fingerprint density at radius 2 is 1.82 bits per heavy atom. The number of methoxy groups -OCH3 is 2. The summed E-state index contributed by atoms with van der Waals surface area (Å²) in [5.74, 6) is 0.746. The van der Waals surface area contributed by atoms with Gasteiger partial charge in [0, 0.05) is 13.7 Å². The fraction of sp³-hybridized carbons (Fsp3) is 0.278. The van der Waals surface area contributed by atoms with Crippen LogP contribution in [0.4, 0.5) is 0 Å². The van der Waals surface area contributed by atoms with Gasteiger partial charge in [0.15, 0.2) is 0 Å². The monoisotopic (exact) mass is 299 g/mol. The van der Waals surface area contributed by atoms with Crippen LogP contribution in [0.25, 0.3) is 0 Å². The highest BCUT2D eigenvalue weighted by Crippen LogP contribution is 2.13. The molecule has 1 N–H and O–H groups in total. The van der Waals surface area contributed by atoms with Crippen molar-refractivity contribution in [1.82, 2.24) is 5.32 Å². The van der Waals surface area contributed by atoms with Crippen molar-refractivity contribution in [2.75, 3.05) is 14.2 Å². The Labute approximate surface area is 131 Å². The third-order valence-corrected chi connectivity index (χ3v) is 3.39. The van der Waals surface area contributed by atoms with Crippen LogP contribution in [-0.2, 0) is 29.1 Å². The van der Waals surface area contributed by atoms with Crippen LogP contribution >= 0.6 is 0 Å². The summed E-state index contributed by atoms with van der Waals surface area (Å²) < 4.78 is 10.3. The van der Waals surface area contributed by atoms with Gasteiger partial charge in [-0.1, -0.05) is 36.4 Å². The molecule has 0 bridgehead atoms. The predicted octanol–water partition coefficient (Wildman–Crippen LogP) is 2.70. The first-order valence-electron chi connectivity index (χ1n) is 7.18. The fourth-order valence-electron chi connectivity index (χ4n) is 2.25. The second-order valence-corrected chi connectivity index (χ2v) is 5.01. The number of carbonyl (C=O) groups excluding carboxylic acids is 1. The van der Waals surface area contributed by atoms with Gasteiger partial charge >= 0.3 is 0 Å². The molecule has 1 amide bonds. The Bertz CT molecular complexity index is 625. The van der Waals surface area contributed by atoms with Crippen molar-refractivity contribution < 1.29 is 14.3 Å². The van der Waals surface area contributed by atoms with E-state index < -0.39 is 0 Å². The third kappa shape index (κ3) is 4.60. The lowest BCUT2D eigenvalue weighted by atomic mass is 10.1. The standard InChI is InChI=1S/C18H21NO3/c1-21-13-16-8-4-3-7-15(16)12-19-18(20)11-14-6-5-9-17(10-14)22-2/h3-10H,11-13H2,1-2H3,(H,19,20). The molecule has 2 aromatic carbocycles. The summed E-state index contributed by atoms with van der Waals surface area (Å²) >= 11 is 0. The first-order valence-corrected chi connectivity index (χ1v) is 7.18. The number of nitrogens with one attached hydrogen (secondary N) is 1. The van der Waals surface area contributed by atoms with Crippen LogP contribution in [0.1, 0.15) is 16.7 Å². The molecule has 0 aromatic heterocycles. The molecule has 2 rings (SSSR count). The number of hydrogen-bond acceptors (Lipinski definition) is 3. The largest absolute Gasteiger partial charge is 0.497 e. The number of carbonyl (C=O) groups is 1. The average Bonchev–Trinajstić information content (AvgIpc) is 2.54. The summed E-state index contributed by atoms with van der Waals surface area (Å²) in [6.45, 7) is 1.05. The van der Waals surface area contributed by atoms with Gasteiger partial charge in [-0.2, -0.15) is 0 Å². The molecular formula is C18H21NO3. The average molecular weight is 299 g/mol. The molecule has 0 saturated heterocycles. The second kappa shape index (κ2) is 8.20. The lowest BCUT2D eigenvalue weighted by Crippen LogP contribution is -2.25. The zero-order valence-corrected chi connectivity index (χ0v) is 13.0. The smallest absolute Gasteiger partial charge is 0.224 e. The fourth-order valence-corrected chi connectivity index (χ4v) is 2.25. The van der Waals surface area contributed by atoms with Crippen molar-refractivity contribution >= 4 is 5.91 Å². The van der Waals surface area contributed by atoms with Gasteiger partial charge in [0.05, 0.1) is 20.1 Å². The first-order chi connectivity index (χ1) is 10.7. The predicted molar refractivity (Wildman–Crippen MR) is 85.7 cm³/mol. The van der Waals surface area contributed by atoms with E-state index in [0.717, 1.165) is 22.4 Å². The highest BCUT2D eigenvalue weighted by Gasteiger charge is 2.06. The summed E-state index contributed by atoms with van der Waals surface area (Å²) in [6.07, 6.45) is 0.337. The lowest BCUT2D eigenvalue weighted by Gasteiger charge is -2.10. The van der Waals surface area contributed by atoms with Crippen molar-refractivity contribution in [2.45, 2.75) is 19.6 Å². The van der Waals surface area contributed by atoms with Gasteiger partial charge in [-0.05, 0) is 28.8 Å². The minimum absolute atomic E-state index is 0.0135. The Balaban J connectivity index is 1.92. The molecule has 0 aliphatic heterocycles. The van der Waals surface area contributed by atoms with Crippen LogP contribution in [-0.4, -0.2) is 20.1 Å². The highest BCUT2D eigenvalue weighted by atomic mass is 16.5. The number of benzene rings is 2. The summed E-state index contributed by atoms with van der Waals surface area (Å²) in [4.78, 5) is 12.1. The number of ether oxygens (including phenoxy) is 2. The van der Waals surface area contributed by atoms with Crippen molar-refractivity contribution in [3.05, 3.63) is 65.2 Å². The molecular weight excluding hydrogens is 278 g/mol. The molecule has 0 radical (unpaired) electrons. The molecule has 0 saturated carbocycles. The summed E-state index contributed by atoms with van der Waals surface area (Å²) in [5.41, 5.74) is 3.09. The topological polar surface area (TPSA) is 47.6 Å². The zero-order chi connectivity index (χ0) is 15.8. The molecule has 0 spiro atoms. The van der Waals surface area contributed by atoms with E-state index in [1.54, 1.807) is 14.2 Å². The third-order valence-electron chi connectivity index (χ3n) is 3.39. The Morgan fingerprint density at radius 3 is 2.55 bits per heavy atom. The van der Waals surface area contributed by atoms with Gasteiger partial charge in [0.1, 0.15) is 5.75 Å². The maximum absolute atomic E-state index is 12.1. The van der Waals surface area contributed by atoms with Crippen LogP contribution in [0.5, 0.6) is 5.75 Å². The van der Waals surface area contributed by atoms with E-state index in [2.05, 4.69) is 5.32 Å². The molecule has 4 nitrogen and oxygen atoms in total. The minimum Gasteiger partial charge on any atom is -0.497 e. The second-order valence-electron chi connectivity index (χ2n) is 5.01. The lowest BCUT2D eigenvalue weighted by molar-refractivity contribution is -0.120.